The van der Waals surface area contributed by atoms with Crippen molar-refractivity contribution in [3.05, 3.63) is 29.8 Å². The molecule has 0 aliphatic rings. The molecular weight excluding hydrogens is 368 g/mol. The van der Waals surface area contributed by atoms with Crippen LogP contribution in [-0.4, -0.2) is 77.1 Å². The first kappa shape index (κ1) is 25.2. The molecule has 166 valence electrons. The van der Waals surface area contributed by atoms with Gasteiger partial charge in [-0.3, -0.25) is 0 Å². The first-order valence-corrected chi connectivity index (χ1v) is 10.8. The monoisotopic (exact) mass is 408 g/mol. The molecule has 0 aliphatic carbocycles. The van der Waals surface area contributed by atoms with Gasteiger partial charge in [0.2, 0.25) is 0 Å². The Kier molecular flexibility index (Phi) is 14.8. The fraction of sp³-hybridized carbons (Fsp3) is 0.682. The molecule has 0 saturated heterocycles. The van der Waals surface area contributed by atoms with Crippen LogP contribution in [0.3, 0.4) is 0 Å². The van der Waals surface area contributed by atoms with Crippen LogP contribution >= 0.6 is 0 Å². The van der Waals surface area contributed by atoms with Gasteiger partial charge in [-0.2, -0.15) is 0 Å². The van der Waals surface area contributed by atoms with Crippen molar-refractivity contribution in [2.24, 2.45) is 4.99 Å². The van der Waals surface area contributed by atoms with E-state index in [1.165, 1.54) is 0 Å². The van der Waals surface area contributed by atoms with E-state index in [9.17, 15) is 0 Å². The fourth-order valence-electron chi connectivity index (χ4n) is 2.66. The molecule has 0 aliphatic heterocycles. The summed E-state index contributed by atoms with van der Waals surface area (Å²) in [5.74, 6) is 1.73. The van der Waals surface area contributed by atoms with Gasteiger partial charge in [0.05, 0.1) is 19.8 Å². The first-order chi connectivity index (χ1) is 14.2. The van der Waals surface area contributed by atoms with Crippen LogP contribution in [0.5, 0.6) is 5.75 Å². The van der Waals surface area contributed by atoms with Crippen LogP contribution in [0.25, 0.3) is 0 Å². The minimum Gasteiger partial charge on any atom is -0.492 e. The fourth-order valence-corrected chi connectivity index (χ4v) is 2.66. The molecule has 0 bridgehead atoms. The lowest BCUT2D eigenvalue weighted by atomic mass is 10.2. The van der Waals surface area contributed by atoms with Crippen LogP contribution in [0, 0.1) is 0 Å². The Morgan fingerprint density at radius 2 is 1.72 bits per heavy atom. The molecule has 1 aromatic carbocycles. The summed E-state index contributed by atoms with van der Waals surface area (Å²) in [6.07, 6.45) is 0.924. The molecule has 0 aromatic heterocycles. The molecule has 1 aromatic rings. The highest BCUT2D eigenvalue weighted by Gasteiger charge is 2.01. The van der Waals surface area contributed by atoms with Gasteiger partial charge in [-0.1, -0.05) is 26.0 Å². The summed E-state index contributed by atoms with van der Waals surface area (Å²) in [4.78, 5) is 7.01. The third-order valence-electron chi connectivity index (χ3n) is 4.45. The standard InChI is InChI=1S/C22H40N4O3/c1-5-23-22(24-13-8-15-28-18-17-27-4)25-19-20-9-11-21(12-10-20)29-16-14-26(6-2)7-3/h9-12H,5-8,13-19H2,1-4H3,(H2,23,24,25). The van der Waals surface area contributed by atoms with Crippen molar-refractivity contribution in [1.82, 2.24) is 15.5 Å². The summed E-state index contributed by atoms with van der Waals surface area (Å²) in [5, 5.41) is 6.61. The molecule has 0 spiro atoms. The maximum atomic E-state index is 5.84. The molecule has 0 atom stereocenters. The highest BCUT2D eigenvalue weighted by atomic mass is 16.5. The predicted octanol–water partition coefficient (Wildman–Crippen LogP) is 2.52. The van der Waals surface area contributed by atoms with E-state index in [0.29, 0.717) is 33.0 Å². The number of rotatable bonds is 16. The summed E-state index contributed by atoms with van der Waals surface area (Å²) in [6.45, 7) is 14.4. The minimum atomic E-state index is 0.624. The number of aliphatic imine (C=N–C) groups is 1. The van der Waals surface area contributed by atoms with Gasteiger partial charge in [-0.15, -0.1) is 0 Å². The van der Waals surface area contributed by atoms with E-state index in [4.69, 9.17) is 14.2 Å². The molecular formula is C22H40N4O3. The quantitative estimate of drug-likeness (QED) is 0.249. The normalized spacial score (nSPS) is 11.7. The molecule has 0 heterocycles. The predicted molar refractivity (Wildman–Crippen MR) is 120 cm³/mol. The SMILES string of the molecule is CCNC(=NCc1ccc(OCCN(CC)CC)cc1)NCCCOCCOC. The van der Waals surface area contributed by atoms with E-state index in [2.05, 4.69) is 53.4 Å². The van der Waals surface area contributed by atoms with Crippen molar-refractivity contribution in [1.29, 1.82) is 0 Å². The maximum absolute atomic E-state index is 5.84. The van der Waals surface area contributed by atoms with Gasteiger partial charge in [0.1, 0.15) is 12.4 Å². The summed E-state index contributed by atoms with van der Waals surface area (Å²) < 4.78 is 16.3. The Morgan fingerprint density at radius 1 is 0.966 bits per heavy atom. The Bertz CT molecular complexity index is 533. The van der Waals surface area contributed by atoms with E-state index in [1.807, 2.05) is 12.1 Å². The van der Waals surface area contributed by atoms with Gasteiger partial charge >= 0.3 is 0 Å². The lowest BCUT2D eigenvalue weighted by Crippen LogP contribution is -2.38. The third-order valence-corrected chi connectivity index (χ3v) is 4.45. The molecule has 0 amide bonds. The van der Waals surface area contributed by atoms with Gasteiger partial charge in [0.25, 0.3) is 0 Å². The van der Waals surface area contributed by atoms with Crippen LogP contribution in [0.1, 0.15) is 32.8 Å². The zero-order valence-electron chi connectivity index (χ0n) is 18.7. The van der Waals surface area contributed by atoms with Gasteiger partial charge in [-0.05, 0) is 44.1 Å². The zero-order chi connectivity index (χ0) is 21.2. The number of hydrogen-bond donors (Lipinski definition) is 2. The van der Waals surface area contributed by atoms with Crippen LogP contribution in [0.4, 0.5) is 0 Å². The molecule has 7 heteroatoms. The van der Waals surface area contributed by atoms with E-state index in [0.717, 1.165) is 56.4 Å². The van der Waals surface area contributed by atoms with Crippen molar-refractivity contribution >= 4 is 5.96 Å². The molecule has 0 radical (unpaired) electrons. The molecule has 2 N–H and O–H groups in total. The lowest BCUT2D eigenvalue weighted by molar-refractivity contribution is 0.0698. The van der Waals surface area contributed by atoms with Gasteiger partial charge in [0.15, 0.2) is 5.96 Å². The lowest BCUT2D eigenvalue weighted by Gasteiger charge is -2.18. The molecule has 29 heavy (non-hydrogen) atoms. The van der Waals surface area contributed by atoms with Gasteiger partial charge in [0, 0.05) is 33.4 Å². The number of nitrogens with zero attached hydrogens (tertiary/aromatic N) is 2. The number of guanidine groups is 1. The Labute approximate surface area is 176 Å². The first-order valence-electron chi connectivity index (χ1n) is 10.8. The molecule has 7 nitrogen and oxygen atoms in total. The summed E-state index contributed by atoms with van der Waals surface area (Å²) in [6, 6.07) is 8.18. The number of nitrogens with one attached hydrogen (secondary N) is 2. The van der Waals surface area contributed by atoms with E-state index >= 15 is 0 Å². The summed E-state index contributed by atoms with van der Waals surface area (Å²) in [5.41, 5.74) is 1.15. The van der Waals surface area contributed by atoms with Crippen molar-refractivity contribution in [2.75, 3.05) is 66.3 Å². The van der Waals surface area contributed by atoms with Crippen LogP contribution in [0.15, 0.2) is 29.3 Å². The zero-order valence-corrected chi connectivity index (χ0v) is 18.7. The van der Waals surface area contributed by atoms with Crippen LogP contribution in [0.2, 0.25) is 0 Å². The van der Waals surface area contributed by atoms with Crippen molar-refractivity contribution in [3.8, 4) is 5.75 Å². The number of benzene rings is 1. The topological polar surface area (TPSA) is 67.4 Å². The summed E-state index contributed by atoms with van der Waals surface area (Å²) >= 11 is 0. The van der Waals surface area contributed by atoms with Crippen LogP contribution in [-0.2, 0) is 16.0 Å². The second-order valence-corrected chi connectivity index (χ2v) is 6.60. The highest BCUT2D eigenvalue weighted by molar-refractivity contribution is 5.79. The summed E-state index contributed by atoms with van der Waals surface area (Å²) in [7, 11) is 1.68. The van der Waals surface area contributed by atoms with E-state index < -0.39 is 0 Å². The number of hydrogen-bond acceptors (Lipinski definition) is 5. The van der Waals surface area contributed by atoms with E-state index in [-0.39, 0.29) is 0 Å². The average molecular weight is 409 g/mol. The highest BCUT2D eigenvalue weighted by Crippen LogP contribution is 2.13. The number of likely N-dealkylation sites (N-methyl/N-ethyl adjacent to an activating group) is 1. The second kappa shape index (κ2) is 17.1. The van der Waals surface area contributed by atoms with E-state index in [1.54, 1.807) is 7.11 Å². The molecule has 0 unspecified atom stereocenters. The van der Waals surface area contributed by atoms with Gasteiger partial charge < -0.3 is 29.7 Å². The smallest absolute Gasteiger partial charge is 0.191 e. The Hall–Kier alpha value is -1.83. The Balaban J connectivity index is 2.35. The average Bonchev–Trinajstić information content (AvgIpc) is 2.75. The van der Waals surface area contributed by atoms with Crippen LogP contribution < -0.4 is 15.4 Å². The molecule has 1 rings (SSSR count). The Morgan fingerprint density at radius 3 is 2.38 bits per heavy atom. The van der Waals surface area contributed by atoms with Gasteiger partial charge in [-0.25, -0.2) is 4.99 Å². The second-order valence-electron chi connectivity index (χ2n) is 6.60. The van der Waals surface area contributed by atoms with Crippen molar-refractivity contribution < 1.29 is 14.2 Å². The maximum Gasteiger partial charge on any atom is 0.191 e. The molecule has 0 fully saturated rings. The minimum absolute atomic E-state index is 0.624. The third kappa shape index (κ3) is 12.4. The number of methoxy groups -OCH3 is 1. The van der Waals surface area contributed by atoms with Crippen molar-refractivity contribution in [3.63, 3.8) is 0 Å². The number of ether oxygens (including phenoxy) is 3. The largest absolute Gasteiger partial charge is 0.492 e. The molecule has 0 saturated carbocycles. The van der Waals surface area contributed by atoms with Crippen molar-refractivity contribution in [2.45, 2.75) is 33.7 Å².